The summed E-state index contributed by atoms with van der Waals surface area (Å²) in [4.78, 5) is 4.15. The van der Waals surface area contributed by atoms with Gasteiger partial charge in [-0.15, -0.1) is 0 Å². The van der Waals surface area contributed by atoms with E-state index in [1.807, 2.05) is 31.2 Å². The van der Waals surface area contributed by atoms with Crippen molar-refractivity contribution >= 4 is 0 Å². The van der Waals surface area contributed by atoms with E-state index in [2.05, 4.69) is 4.98 Å². The average Bonchev–Trinajstić information content (AvgIpc) is 2.66. The topological polar surface area (TPSA) is 46.3 Å². The lowest BCUT2D eigenvalue weighted by molar-refractivity contribution is 0.147. The fraction of sp³-hybridized carbons (Fsp3) is 0.250. The molecule has 1 N–H and O–H groups in total. The molecule has 2 rings (SSSR count). The van der Waals surface area contributed by atoms with Crippen molar-refractivity contribution in [2.24, 2.45) is 0 Å². The second-order valence-electron chi connectivity index (χ2n) is 3.49. The van der Waals surface area contributed by atoms with Crippen molar-refractivity contribution in [3.8, 4) is 0 Å². The Morgan fingerprint density at radius 1 is 1.33 bits per heavy atom. The van der Waals surface area contributed by atoms with Crippen LogP contribution in [0.3, 0.4) is 0 Å². The van der Waals surface area contributed by atoms with Crippen LogP contribution in [0.15, 0.2) is 40.9 Å². The monoisotopic (exact) mass is 203 g/mol. The van der Waals surface area contributed by atoms with Gasteiger partial charge in [-0.05, 0) is 31.2 Å². The van der Waals surface area contributed by atoms with Gasteiger partial charge in [0.05, 0.1) is 0 Å². The highest BCUT2D eigenvalue weighted by atomic mass is 16.4. The highest BCUT2D eigenvalue weighted by Crippen LogP contribution is 2.19. The Bertz CT molecular complexity index is 422. The third-order valence-electron chi connectivity index (χ3n) is 2.22. The maximum absolute atomic E-state index is 9.85. The molecular weight excluding hydrogens is 190 g/mol. The lowest BCUT2D eigenvalue weighted by Crippen LogP contribution is -2.01. The van der Waals surface area contributed by atoms with E-state index >= 15 is 0 Å². The lowest BCUT2D eigenvalue weighted by atomic mass is 10.1. The Labute approximate surface area is 88.4 Å². The van der Waals surface area contributed by atoms with Crippen LogP contribution in [0, 0.1) is 6.92 Å². The molecular formula is C12H13NO2. The number of rotatable bonds is 3. The molecule has 0 aliphatic carbocycles. The summed E-state index contributed by atoms with van der Waals surface area (Å²) in [5.41, 5.74) is 0.860. The molecule has 0 amide bonds. The summed E-state index contributed by atoms with van der Waals surface area (Å²) in [6.07, 6.45) is 1.58. The minimum absolute atomic E-state index is 0.480. The maximum atomic E-state index is 9.85. The predicted molar refractivity (Wildman–Crippen MR) is 56.3 cm³/mol. The molecule has 0 saturated heterocycles. The summed E-state index contributed by atoms with van der Waals surface area (Å²) >= 11 is 0. The Morgan fingerprint density at radius 3 is 2.80 bits per heavy atom. The van der Waals surface area contributed by atoms with Gasteiger partial charge in [0.15, 0.2) is 0 Å². The molecule has 15 heavy (non-hydrogen) atoms. The fourth-order valence-corrected chi connectivity index (χ4v) is 1.45. The van der Waals surface area contributed by atoms with Crippen LogP contribution in [0.2, 0.25) is 0 Å². The van der Waals surface area contributed by atoms with Crippen LogP contribution in [0.5, 0.6) is 0 Å². The standard InChI is InChI=1S/C12H13NO2/c1-9-5-6-12(15-9)11(14)8-10-4-2-3-7-13-10/h2-7,11,14H,8H2,1H3. The zero-order valence-electron chi connectivity index (χ0n) is 8.55. The number of aliphatic hydroxyl groups excluding tert-OH is 1. The molecule has 1 atom stereocenters. The van der Waals surface area contributed by atoms with Crippen molar-refractivity contribution in [2.75, 3.05) is 0 Å². The highest BCUT2D eigenvalue weighted by Gasteiger charge is 2.12. The van der Waals surface area contributed by atoms with Crippen molar-refractivity contribution in [3.63, 3.8) is 0 Å². The number of aliphatic hydroxyl groups is 1. The van der Waals surface area contributed by atoms with Crippen LogP contribution >= 0.6 is 0 Å². The summed E-state index contributed by atoms with van der Waals surface area (Å²) in [5.74, 6) is 1.41. The first kappa shape index (κ1) is 9.93. The molecule has 0 saturated carbocycles. The van der Waals surface area contributed by atoms with E-state index in [4.69, 9.17) is 4.42 Å². The maximum Gasteiger partial charge on any atom is 0.133 e. The molecule has 78 valence electrons. The van der Waals surface area contributed by atoms with Crippen LogP contribution in [0.4, 0.5) is 0 Å². The van der Waals surface area contributed by atoms with E-state index in [0.29, 0.717) is 12.2 Å². The van der Waals surface area contributed by atoms with Crippen molar-refractivity contribution in [1.29, 1.82) is 0 Å². The summed E-state index contributed by atoms with van der Waals surface area (Å²) < 4.78 is 5.34. The van der Waals surface area contributed by atoms with E-state index in [1.165, 1.54) is 0 Å². The van der Waals surface area contributed by atoms with Gasteiger partial charge in [0.1, 0.15) is 17.6 Å². The first-order valence-corrected chi connectivity index (χ1v) is 4.90. The Balaban J connectivity index is 2.07. The fourth-order valence-electron chi connectivity index (χ4n) is 1.45. The number of hydrogen-bond acceptors (Lipinski definition) is 3. The molecule has 3 nitrogen and oxygen atoms in total. The van der Waals surface area contributed by atoms with Crippen LogP contribution in [-0.2, 0) is 6.42 Å². The molecule has 2 heterocycles. The smallest absolute Gasteiger partial charge is 0.133 e. The second kappa shape index (κ2) is 4.28. The zero-order chi connectivity index (χ0) is 10.7. The summed E-state index contributed by atoms with van der Waals surface area (Å²) in [6, 6.07) is 9.29. The van der Waals surface area contributed by atoms with Crippen LogP contribution in [0.1, 0.15) is 23.3 Å². The Hall–Kier alpha value is -1.61. The molecule has 2 aromatic heterocycles. The minimum atomic E-state index is -0.617. The Morgan fingerprint density at radius 2 is 2.20 bits per heavy atom. The number of pyridine rings is 1. The van der Waals surface area contributed by atoms with E-state index in [9.17, 15) is 5.11 Å². The molecule has 1 unspecified atom stereocenters. The highest BCUT2D eigenvalue weighted by molar-refractivity contribution is 5.12. The molecule has 3 heteroatoms. The normalized spacial score (nSPS) is 12.7. The molecule has 0 bridgehead atoms. The van der Waals surface area contributed by atoms with Gasteiger partial charge in [-0.2, -0.15) is 0 Å². The summed E-state index contributed by atoms with van der Waals surface area (Å²) in [5, 5.41) is 9.85. The van der Waals surface area contributed by atoms with Gasteiger partial charge in [-0.1, -0.05) is 6.07 Å². The third-order valence-corrected chi connectivity index (χ3v) is 2.22. The van der Waals surface area contributed by atoms with E-state index in [1.54, 1.807) is 12.3 Å². The third kappa shape index (κ3) is 2.44. The first-order valence-electron chi connectivity index (χ1n) is 4.90. The molecule has 0 aliphatic heterocycles. The summed E-state index contributed by atoms with van der Waals surface area (Å²) in [6.45, 7) is 1.86. The van der Waals surface area contributed by atoms with Gasteiger partial charge in [-0.3, -0.25) is 4.98 Å². The molecule has 0 aliphatic rings. The average molecular weight is 203 g/mol. The number of aryl methyl sites for hydroxylation is 1. The lowest BCUT2D eigenvalue weighted by Gasteiger charge is -2.06. The Kier molecular flexibility index (Phi) is 2.83. The number of furan rings is 1. The second-order valence-corrected chi connectivity index (χ2v) is 3.49. The quantitative estimate of drug-likeness (QED) is 0.832. The van der Waals surface area contributed by atoms with E-state index in [0.717, 1.165) is 11.5 Å². The van der Waals surface area contributed by atoms with Gasteiger partial charge in [0, 0.05) is 18.3 Å². The van der Waals surface area contributed by atoms with Crippen LogP contribution in [0.25, 0.3) is 0 Å². The van der Waals surface area contributed by atoms with Gasteiger partial charge < -0.3 is 9.52 Å². The SMILES string of the molecule is Cc1ccc(C(O)Cc2ccccn2)o1. The molecule has 0 aromatic carbocycles. The summed E-state index contributed by atoms with van der Waals surface area (Å²) in [7, 11) is 0. The van der Waals surface area contributed by atoms with Gasteiger partial charge in [0.2, 0.25) is 0 Å². The van der Waals surface area contributed by atoms with Gasteiger partial charge in [0.25, 0.3) is 0 Å². The van der Waals surface area contributed by atoms with Crippen molar-refractivity contribution in [3.05, 3.63) is 53.7 Å². The van der Waals surface area contributed by atoms with E-state index < -0.39 is 6.10 Å². The molecule has 0 fully saturated rings. The largest absolute Gasteiger partial charge is 0.464 e. The van der Waals surface area contributed by atoms with Crippen LogP contribution in [-0.4, -0.2) is 10.1 Å². The van der Waals surface area contributed by atoms with Crippen molar-refractivity contribution in [1.82, 2.24) is 4.98 Å². The molecule has 0 spiro atoms. The molecule has 2 aromatic rings. The van der Waals surface area contributed by atoms with Crippen LogP contribution < -0.4 is 0 Å². The molecule has 0 radical (unpaired) electrons. The van der Waals surface area contributed by atoms with Crippen molar-refractivity contribution < 1.29 is 9.52 Å². The first-order chi connectivity index (χ1) is 7.25. The predicted octanol–water partition coefficient (Wildman–Crippen LogP) is 2.26. The van der Waals surface area contributed by atoms with Gasteiger partial charge >= 0.3 is 0 Å². The van der Waals surface area contributed by atoms with Crippen molar-refractivity contribution in [2.45, 2.75) is 19.4 Å². The number of hydrogen-bond donors (Lipinski definition) is 1. The van der Waals surface area contributed by atoms with E-state index in [-0.39, 0.29) is 0 Å². The van der Waals surface area contributed by atoms with Gasteiger partial charge in [-0.25, -0.2) is 0 Å². The zero-order valence-corrected chi connectivity index (χ0v) is 8.55. The minimum Gasteiger partial charge on any atom is -0.464 e. The number of nitrogens with zero attached hydrogens (tertiary/aromatic N) is 1. The number of aromatic nitrogens is 1.